The Hall–Kier alpha value is -2.31. The van der Waals surface area contributed by atoms with E-state index in [9.17, 15) is 18.0 Å². The van der Waals surface area contributed by atoms with Crippen molar-refractivity contribution < 1.29 is 22.7 Å². The van der Waals surface area contributed by atoms with Gasteiger partial charge in [0.15, 0.2) is 5.69 Å². The molecule has 1 aromatic heterocycles. The van der Waals surface area contributed by atoms with Gasteiger partial charge in [-0.2, -0.15) is 13.2 Å². The number of alkyl halides is 3. The molecule has 21 heavy (non-hydrogen) atoms. The number of H-pyrrole nitrogens is 1. The average Bonchev–Trinajstić information content (AvgIpc) is 2.80. The van der Waals surface area contributed by atoms with Crippen LogP contribution in [0.4, 0.5) is 13.2 Å². The van der Waals surface area contributed by atoms with Crippen LogP contribution in [0, 0.1) is 6.92 Å². The van der Waals surface area contributed by atoms with E-state index in [1.165, 1.54) is 12.1 Å². The Labute approximate surface area is 119 Å². The standard InChI is InChI=1S/C14H13F3N2O2/c1-3-21-13(20)11-8(2)18-12(19-11)9-4-6-10(7-5-9)14(15,16)17/h4-7H,3H2,1-2H3,(H,18,19). The van der Waals surface area contributed by atoms with Crippen molar-refractivity contribution >= 4 is 5.97 Å². The number of hydrogen-bond donors (Lipinski definition) is 1. The smallest absolute Gasteiger partial charge is 0.416 e. The number of rotatable bonds is 3. The van der Waals surface area contributed by atoms with Crippen molar-refractivity contribution in [2.75, 3.05) is 6.61 Å². The molecule has 1 N–H and O–H groups in total. The second-order valence-corrected chi connectivity index (χ2v) is 4.35. The third kappa shape index (κ3) is 3.24. The number of aromatic amines is 1. The molecule has 112 valence electrons. The summed E-state index contributed by atoms with van der Waals surface area (Å²) in [6.45, 7) is 3.55. The van der Waals surface area contributed by atoms with Crippen LogP contribution in [0.2, 0.25) is 0 Å². The number of benzene rings is 1. The molecule has 2 aromatic rings. The third-order valence-electron chi connectivity index (χ3n) is 2.84. The molecule has 0 aliphatic carbocycles. The molecule has 0 bridgehead atoms. The summed E-state index contributed by atoms with van der Waals surface area (Å²) >= 11 is 0. The first-order chi connectivity index (χ1) is 9.82. The second-order valence-electron chi connectivity index (χ2n) is 4.35. The van der Waals surface area contributed by atoms with Crippen molar-refractivity contribution in [1.82, 2.24) is 9.97 Å². The Morgan fingerprint density at radius 1 is 1.29 bits per heavy atom. The second kappa shape index (κ2) is 5.59. The van der Waals surface area contributed by atoms with E-state index in [2.05, 4.69) is 9.97 Å². The topological polar surface area (TPSA) is 55.0 Å². The van der Waals surface area contributed by atoms with Crippen molar-refractivity contribution in [1.29, 1.82) is 0 Å². The lowest BCUT2D eigenvalue weighted by Crippen LogP contribution is -2.06. The summed E-state index contributed by atoms with van der Waals surface area (Å²) in [6, 6.07) is 4.54. The predicted molar refractivity (Wildman–Crippen MR) is 69.7 cm³/mol. The van der Waals surface area contributed by atoms with E-state index in [4.69, 9.17) is 4.74 Å². The van der Waals surface area contributed by atoms with Crippen LogP contribution in [-0.4, -0.2) is 22.5 Å². The monoisotopic (exact) mass is 298 g/mol. The highest BCUT2D eigenvalue weighted by Gasteiger charge is 2.30. The van der Waals surface area contributed by atoms with Gasteiger partial charge >= 0.3 is 12.1 Å². The van der Waals surface area contributed by atoms with E-state index in [0.717, 1.165) is 12.1 Å². The zero-order chi connectivity index (χ0) is 15.6. The van der Waals surface area contributed by atoms with Gasteiger partial charge in [-0.3, -0.25) is 0 Å². The summed E-state index contributed by atoms with van der Waals surface area (Å²) in [4.78, 5) is 18.6. The molecule has 0 saturated carbocycles. The Morgan fingerprint density at radius 2 is 1.90 bits per heavy atom. The maximum atomic E-state index is 12.5. The Morgan fingerprint density at radius 3 is 2.43 bits per heavy atom. The minimum Gasteiger partial charge on any atom is -0.461 e. The van der Waals surface area contributed by atoms with E-state index in [1.54, 1.807) is 13.8 Å². The number of aromatic nitrogens is 2. The molecule has 7 heteroatoms. The number of imidazole rings is 1. The first kappa shape index (κ1) is 15.1. The van der Waals surface area contributed by atoms with Crippen LogP contribution in [0.25, 0.3) is 11.4 Å². The fourth-order valence-corrected chi connectivity index (χ4v) is 1.81. The SMILES string of the molecule is CCOC(=O)c1nc(-c2ccc(C(F)(F)F)cc2)[nH]c1C. The summed E-state index contributed by atoms with van der Waals surface area (Å²) in [5.41, 5.74) is 0.358. The van der Waals surface area contributed by atoms with E-state index in [1.807, 2.05) is 0 Å². The van der Waals surface area contributed by atoms with Gasteiger partial charge in [-0.1, -0.05) is 12.1 Å². The average molecular weight is 298 g/mol. The van der Waals surface area contributed by atoms with E-state index in [0.29, 0.717) is 17.1 Å². The third-order valence-corrected chi connectivity index (χ3v) is 2.84. The van der Waals surface area contributed by atoms with E-state index < -0.39 is 17.7 Å². The predicted octanol–water partition coefficient (Wildman–Crippen LogP) is 3.58. The van der Waals surface area contributed by atoms with Gasteiger partial charge in [0, 0.05) is 11.3 Å². The Bertz CT molecular complexity index is 645. The summed E-state index contributed by atoms with van der Waals surface area (Å²) < 4.78 is 42.3. The Kier molecular flexibility index (Phi) is 4.02. The zero-order valence-corrected chi connectivity index (χ0v) is 11.4. The fourth-order valence-electron chi connectivity index (χ4n) is 1.81. The van der Waals surface area contributed by atoms with Crippen LogP contribution >= 0.6 is 0 Å². The summed E-state index contributed by atoms with van der Waals surface area (Å²) in [6.07, 6.45) is -4.38. The first-order valence-corrected chi connectivity index (χ1v) is 6.24. The molecule has 0 aliphatic heterocycles. The molecule has 0 radical (unpaired) electrons. The maximum Gasteiger partial charge on any atom is 0.416 e. The summed E-state index contributed by atoms with van der Waals surface area (Å²) in [7, 11) is 0. The number of ether oxygens (including phenoxy) is 1. The molecule has 2 rings (SSSR count). The fraction of sp³-hybridized carbons (Fsp3) is 0.286. The highest BCUT2D eigenvalue weighted by atomic mass is 19.4. The number of aryl methyl sites for hydroxylation is 1. The maximum absolute atomic E-state index is 12.5. The zero-order valence-electron chi connectivity index (χ0n) is 11.4. The summed E-state index contributed by atoms with van der Waals surface area (Å²) in [5.74, 6) is -0.242. The van der Waals surface area contributed by atoms with Crippen molar-refractivity contribution in [2.24, 2.45) is 0 Å². The molecule has 0 spiro atoms. The number of carbonyl (C=O) groups excluding carboxylic acids is 1. The van der Waals surface area contributed by atoms with E-state index >= 15 is 0 Å². The van der Waals surface area contributed by atoms with Crippen molar-refractivity contribution in [2.45, 2.75) is 20.0 Å². The minimum atomic E-state index is -4.38. The molecular formula is C14H13F3N2O2. The van der Waals surface area contributed by atoms with Gasteiger partial charge in [0.25, 0.3) is 0 Å². The van der Waals surface area contributed by atoms with Crippen molar-refractivity contribution in [3.63, 3.8) is 0 Å². The van der Waals surface area contributed by atoms with E-state index in [-0.39, 0.29) is 12.3 Å². The number of nitrogens with one attached hydrogen (secondary N) is 1. The lowest BCUT2D eigenvalue weighted by Gasteiger charge is -2.06. The number of halogens is 3. The van der Waals surface area contributed by atoms with Gasteiger partial charge in [0.05, 0.1) is 12.2 Å². The van der Waals surface area contributed by atoms with Crippen LogP contribution in [0.3, 0.4) is 0 Å². The highest BCUT2D eigenvalue weighted by Crippen LogP contribution is 2.30. The molecule has 1 aromatic carbocycles. The first-order valence-electron chi connectivity index (χ1n) is 6.24. The summed E-state index contributed by atoms with van der Waals surface area (Å²) in [5, 5.41) is 0. The number of carbonyl (C=O) groups is 1. The van der Waals surface area contributed by atoms with Gasteiger partial charge in [0.2, 0.25) is 0 Å². The van der Waals surface area contributed by atoms with Gasteiger partial charge in [-0.25, -0.2) is 9.78 Å². The van der Waals surface area contributed by atoms with Crippen molar-refractivity contribution in [3.05, 3.63) is 41.2 Å². The molecule has 0 aliphatic rings. The van der Waals surface area contributed by atoms with Gasteiger partial charge in [-0.15, -0.1) is 0 Å². The molecule has 0 fully saturated rings. The normalized spacial score (nSPS) is 11.5. The quantitative estimate of drug-likeness (QED) is 0.881. The van der Waals surface area contributed by atoms with Crippen LogP contribution in [0.1, 0.15) is 28.7 Å². The van der Waals surface area contributed by atoms with Crippen LogP contribution in [-0.2, 0) is 10.9 Å². The molecule has 0 unspecified atom stereocenters. The molecule has 0 atom stereocenters. The van der Waals surface area contributed by atoms with Crippen LogP contribution in [0.5, 0.6) is 0 Å². The number of hydrogen-bond acceptors (Lipinski definition) is 3. The lowest BCUT2D eigenvalue weighted by molar-refractivity contribution is -0.137. The molecule has 0 amide bonds. The van der Waals surface area contributed by atoms with Gasteiger partial charge < -0.3 is 9.72 Å². The van der Waals surface area contributed by atoms with Gasteiger partial charge in [0.1, 0.15) is 5.82 Å². The molecule has 1 heterocycles. The minimum absolute atomic E-state index is 0.131. The molecule has 4 nitrogen and oxygen atoms in total. The largest absolute Gasteiger partial charge is 0.461 e. The molecular weight excluding hydrogens is 285 g/mol. The van der Waals surface area contributed by atoms with Crippen molar-refractivity contribution in [3.8, 4) is 11.4 Å². The number of esters is 1. The Balaban J connectivity index is 2.31. The van der Waals surface area contributed by atoms with Crippen LogP contribution < -0.4 is 0 Å². The van der Waals surface area contributed by atoms with Gasteiger partial charge in [-0.05, 0) is 26.0 Å². The van der Waals surface area contributed by atoms with Crippen LogP contribution in [0.15, 0.2) is 24.3 Å². The number of nitrogens with zero attached hydrogens (tertiary/aromatic N) is 1. The highest BCUT2D eigenvalue weighted by molar-refractivity contribution is 5.89. The lowest BCUT2D eigenvalue weighted by atomic mass is 10.1. The molecule has 0 saturated heterocycles.